The number of para-hydroxylation sites is 1. The minimum absolute atomic E-state index is 0.0350. The topological polar surface area (TPSA) is 33.5 Å². The number of benzene rings is 2. The monoisotopic (exact) mass is 277 g/mol. The first-order valence-corrected chi connectivity index (χ1v) is 6.73. The summed E-state index contributed by atoms with van der Waals surface area (Å²) >= 11 is 0. The van der Waals surface area contributed by atoms with E-state index in [-0.39, 0.29) is 5.91 Å². The van der Waals surface area contributed by atoms with Crippen LogP contribution in [0.15, 0.2) is 77.4 Å². The van der Waals surface area contributed by atoms with Crippen LogP contribution >= 0.6 is 0 Å². The first kappa shape index (κ1) is 13.2. The van der Waals surface area contributed by atoms with Crippen LogP contribution in [0.1, 0.15) is 10.4 Å². The molecular weight excluding hydrogens is 262 g/mol. The Labute approximate surface area is 123 Å². The fourth-order valence-corrected chi connectivity index (χ4v) is 2.18. The molecule has 0 bridgehead atoms. The smallest absolute Gasteiger partial charge is 0.258 e. The molecule has 2 aromatic carbocycles. The highest BCUT2D eigenvalue weighted by Gasteiger charge is 2.13. The fourth-order valence-electron chi connectivity index (χ4n) is 2.18. The Morgan fingerprint density at radius 3 is 2.24 bits per heavy atom. The number of rotatable bonds is 3. The summed E-state index contributed by atoms with van der Waals surface area (Å²) < 4.78 is 5.34. The molecule has 0 aliphatic carbocycles. The summed E-state index contributed by atoms with van der Waals surface area (Å²) in [6.45, 7) is 0. The van der Waals surface area contributed by atoms with Gasteiger partial charge in [-0.05, 0) is 36.4 Å². The van der Waals surface area contributed by atoms with Crippen LogP contribution in [0.5, 0.6) is 0 Å². The van der Waals surface area contributed by atoms with Crippen molar-refractivity contribution in [3.05, 3.63) is 78.6 Å². The molecule has 0 atom stereocenters. The quantitative estimate of drug-likeness (QED) is 0.718. The minimum Gasteiger partial charge on any atom is -0.464 e. The van der Waals surface area contributed by atoms with Crippen LogP contribution in [0.3, 0.4) is 0 Å². The lowest BCUT2D eigenvalue weighted by Gasteiger charge is -2.17. The molecule has 1 amide bonds. The number of hydrogen-bond acceptors (Lipinski definition) is 2. The van der Waals surface area contributed by atoms with Crippen molar-refractivity contribution in [2.45, 2.75) is 0 Å². The molecule has 0 radical (unpaired) electrons. The van der Waals surface area contributed by atoms with Gasteiger partial charge < -0.3 is 9.32 Å². The van der Waals surface area contributed by atoms with E-state index in [1.54, 1.807) is 18.2 Å². The van der Waals surface area contributed by atoms with Gasteiger partial charge in [-0.2, -0.15) is 0 Å². The summed E-state index contributed by atoms with van der Waals surface area (Å²) in [4.78, 5) is 14.1. The highest BCUT2D eigenvalue weighted by atomic mass is 16.3. The van der Waals surface area contributed by atoms with Crippen molar-refractivity contribution in [1.29, 1.82) is 0 Å². The number of hydrogen-bond donors (Lipinski definition) is 0. The third kappa shape index (κ3) is 2.72. The molecule has 0 unspecified atom stereocenters. The molecule has 0 spiro atoms. The van der Waals surface area contributed by atoms with Crippen molar-refractivity contribution in [2.24, 2.45) is 0 Å². The number of amides is 1. The van der Waals surface area contributed by atoms with Gasteiger partial charge in [0.1, 0.15) is 5.76 Å². The van der Waals surface area contributed by atoms with Crippen LogP contribution in [0.2, 0.25) is 0 Å². The maximum atomic E-state index is 12.4. The van der Waals surface area contributed by atoms with Crippen molar-refractivity contribution in [1.82, 2.24) is 0 Å². The predicted molar refractivity (Wildman–Crippen MR) is 83.3 cm³/mol. The lowest BCUT2D eigenvalue weighted by Crippen LogP contribution is -2.25. The van der Waals surface area contributed by atoms with Gasteiger partial charge in [-0.3, -0.25) is 4.79 Å². The molecule has 3 heteroatoms. The molecular formula is C18H15NO2. The molecule has 0 saturated heterocycles. The van der Waals surface area contributed by atoms with Gasteiger partial charge in [0, 0.05) is 23.9 Å². The van der Waals surface area contributed by atoms with E-state index in [0.29, 0.717) is 5.56 Å². The van der Waals surface area contributed by atoms with Crippen LogP contribution in [0.4, 0.5) is 5.69 Å². The zero-order valence-electron chi connectivity index (χ0n) is 11.7. The van der Waals surface area contributed by atoms with E-state index in [0.717, 1.165) is 17.0 Å². The SMILES string of the molecule is CN(C(=O)c1ccc(-c2ccco2)cc1)c1ccccc1. The first-order valence-electron chi connectivity index (χ1n) is 6.73. The van der Waals surface area contributed by atoms with E-state index in [1.807, 2.05) is 66.7 Å². The van der Waals surface area contributed by atoms with Crippen molar-refractivity contribution < 1.29 is 9.21 Å². The Morgan fingerprint density at radius 2 is 1.62 bits per heavy atom. The number of furan rings is 1. The largest absolute Gasteiger partial charge is 0.464 e. The van der Waals surface area contributed by atoms with Gasteiger partial charge in [0.25, 0.3) is 5.91 Å². The van der Waals surface area contributed by atoms with E-state index in [2.05, 4.69) is 0 Å². The van der Waals surface area contributed by atoms with Gasteiger partial charge in [0.15, 0.2) is 0 Å². The molecule has 1 aromatic heterocycles. The predicted octanol–water partition coefficient (Wildman–Crippen LogP) is 4.22. The van der Waals surface area contributed by atoms with Crippen molar-refractivity contribution in [3.63, 3.8) is 0 Å². The number of carbonyl (C=O) groups excluding carboxylic acids is 1. The van der Waals surface area contributed by atoms with Gasteiger partial charge >= 0.3 is 0 Å². The van der Waals surface area contributed by atoms with Crippen molar-refractivity contribution in [3.8, 4) is 11.3 Å². The molecule has 3 aromatic rings. The highest BCUT2D eigenvalue weighted by molar-refractivity contribution is 6.05. The van der Waals surface area contributed by atoms with Crippen molar-refractivity contribution in [2.75, 3.05) is 11.9 Å². The lowest BCUT2D eigenvalue weighted by molar-refractivity contribution is 0.0993. The van der Waals surface area contributed by atoms with Crippen molar-refractivity contribution >= 4 is 11.6 Å². The molecule has 104 valence electrons. The zero-order chi connectivity index (χ0) is 14.7. The summed E-state index contributed by atoms with van der Waals surface area (Å²) in [5.41, 5.74) is 2.48. The zero-order valence-corrected chi connectivity index (χ0v) is 11.7. The Balaban J connectivity index is 1.82. The molecule has 0 aliphatic heterocycles. The number of carbonyl (C=O) groups is 1. The third-order valence-electron chi connectivity index (χ3n) is 3.39. The molecule has 21 heavy (non-hydrogen) atoms. The second-order valence-corrected chi connectivity index (χ2v) is 4.75. The Morgan fingerprint density at radius 1 is 0.905 bits per heavy atom. The summed E-state index contributed by atoms with van der Waals surface area (Å²) in [5.74, 6) is 0.762. The molecule has 3 rings (SSSR count). The summed E-state index contributed by atoms with van der Waals surface area (Å²) in [6, 6.07) is 20.8. The Hall–Kier alpha value is -2.81. The van der Waals surface area contributed by atoms with Crippen LogP contribution in [-0.2, 0) is 0 Å². The number of anilines is 1. The van der Waals surface area contributed by atoms with Gasteiger partial charge in [0.2, 0.25) is 0 Å². The standard InChI is InChI=1S/C18H15NO2/c1-19(16-6-3-2-4-7-16)18(20)15-11-9-14(10-12-15)17-8-5-13-21-17/h2-13H,1H3. The molecule has 3 nitrogen and oxygen atoms in total. The second-order valence-electron chi connectivity index (χ2n) is 4.75. The van der Waals surface area contributed by atoms with E-state index in [9.17, 15) is 4.79 Å². The summed E-state index contributed by atoms with van der Waals surface area (Å²) in [7, 11) is 1.78. The van der Waals surface area contributed by atoms with Crippen LogP contribution in [0, 0.1) is 0 Å². The van der Waals surface area contributed by atoms with Gasteiger partial charge in [-0.1, -0.05) is 30.3 Å². The van der Waals surface area contributed by atoms with Gasteiger partial charge in [-0.25, -0.2) is 0 Å². The molecule has 0 N–H and O–H groups in total. The fraction of sp³-hybridized carbons (Fsp3) is 0.0556. The maximum Gasteiger partial charge on any atom is 0.258 e. The third-order valence-corrected chi connectivity index (χ3v) is 3.39. The highest BCUT2D eigenvalue weighted by Crippen LogP contribution is 2.21. The summed E-state index contributed by atoms with van der Waals surface area (Å²) in [6.07, 6.45) is 1.64. The molecule has 0 fully saturated rings. The van der Waals surface area contributed by atoms with E-state index in [1.165, 1.54) is 0 Å². The average Bonchev–Trinajstić information content (AvgIpc) is 3.09. The van der Waals surface area contributed by atoms with E-state index < -0.39 is 0 Å². The molecule has 0 aliphatic rings. The normalized spacial score (nSPS) is 10.3. The Kier molecular flexibility index (Phi) is 3.56. The number of nitrogens with zero attached hydrogens (tertiary/aromatic N) is 1. The van der Waals surface area contributed by atoms with Gasteiger partial charge in [-0.15, -0.1) is 0 Å². The minimum atomic E-state index is -0.0350. The second kappa shape index (κ2) is 5.67. The van der Waals surface area contributed by atoms with Crippen LogP contribution < -0.4 is 4.90 Å². The Bertz CT molecular complexity index is 716. The molecule has 0 saturated carbocycles. The molecule has 1 heterocycles. The first-order chi connectivity index (χ1) is 10.3. The van der Waals surface area contributed by atoms with E-state index >= 15 is 0 Å². The van der Waals surface area contributed by atoms with Crippen LogP contribution in [0.25, 0.3) is 11.3 Å². The maximum absolute atomic E-state index is 12.4. The van der Waals surface area contributed by atoms with Gasteiger partial charge in [0.05, 0.1) is 6.26 Å². The average molecular weight is 277 g/mol. The van der Waals surface area contributed by atoms with E-state index in [4.69, 9.17) is 4.42 Å². The van der Waals surface area contributed by atoms with Crippen LogP contribution in [-0.4, -0.2) is 13.0 Å². The summed E-state index contributed by atoms with van der Waals surface area (Å²) in [5, 5.41) is 0. The lowest BCUT2D eigenvalue weighted by atomic mass is 10.1.